The number of hydrogen-bond donors (Lipinski definition) is 1. The van der Waals surface area contributed by atoms with E-state index in [-0.39, 0.29) is 11.9 Å². The second-order valence-corrected chi connectivity index (χ2v) is 5.27. The van der Waals surface area contributed by atoms with Crippen LogP contribution in [0.3, 0.4) is 0 Å². The van der Waals surface area contributed by atoms with Gasteiger partial charge in [0.15, 0.2) is 0 Å². The molecule has 1 aliphatic rings. The van der Waals surface area contributed by atoms with Crippen LogP contribution in [0.4, 0.5) is 0 Å². The lowest BCUT2D eigenvalue weighted by Gasteiger charge is -2.27. The van der Waals surface area contributed by atoms with Crippen molar-refractivity contribution >= 4 is 23.5 Å². The number of benzene rings is 1. The Balaban J connectivity index is 2.34. The molecule has 2 rings (SSSR count). The molecule has 0 bridgehead atoms. The average Bonchev–Trinajstić information content (AvgIpc) is 3.17. The van der Waals surface area contributed by atoms with Gasteiger partial charge >= 0.3 is 5.97 Å². The van der Waals surface area contributed by atoms with Crippen LogP contribution in [-0.2, 0) is 4.79 Å². The number of hydrogen-bond acceptors (Lipinski definition) is 2. The second-order valence-electron chi connectivity index (χ2n) is 4.89. The smallest absolute Gasteiger partial charge is 0.326 e. The number of aryl methyl sites for hydroxylation is 1. The Morgan fingerprint density at radius 3 is 2.58 bits per heavy atom. The number of nitrogens with zero attached hydrogens (tertiary/aromatic N) is 1. The van der Waals surface area contributed by atoms with Crippen molar-refractivity contribution < 1.29 is 14.7 Å². The van der Waals surface area contributed by atoms with Crippen molar-refractivity contribution in [2.45, 2.75) is 38.8 Å². The van der Waals surface area contributed by atoms with Gasteiger partial charge < -0.3 is 10.0 Å². The molecule has 0 heterocycles. The van der Waals surface area contributed by atoms with Gasteiger partial charge in [-0.15, -0.1) is 0 Å². The lowest BCUT2D eigenvalue weighted by atomic mass is 10.1. The van der Waals surface area contributed by atoms with E-state index in [1.165, 1.54) is 11.8 Å². The van der Waals surface area contributed by atoms with Crippen LogP contribution in [0.1, 0.15) is 35.7 Å². The van der Waals surface area contributed by atoms with Gasteiger partial charge in [-0.2, -0.15) is 0 Å². The van der Waals surface area contributed by atoms with E-state index < -0.39 is 12.0 Å². The van der Waals surface area contributed by atoms with Gasteiger partial charge in [0.25, 0.3) is 5.91 Å². The molecule has 4 nitrogen and oxygen atoms in total. The molecule has 1 fully saturated rings. The van der Waals surface area contributed by atoms with Crippen LogP contribution < -0.4 is 0 Å². The number of aliphatic carboxylic acids is 1. The van der Waals surface area contributed by atoms with E-state index in [9.17, 15) is 9.59 Å². The van der Waals surface area contributed by atoms with Gasteiger partial charge in [0, 0.05) is 6.04 Å². The molecule has 1 atom stereocenters. The zero-order chi connectivity index (χ0) is 14.2. The first-order valence-electron chi connectivity index (χ1n) is 6.24. The molecule has 0 aliphatic heterocycles. The first kappa shape index (κ1) is 13.9. The highest BCUT2D eigenvalue weighted by Gasteiger charge is 2.39. The Bertz CT molecular complexity index is 525. The Kier molecular flexibility index (Phi) is 3.80. The zero-order valence-corrected chi connectivity index (χ0v) is 11.6. The number of carboxylic acids is 1. The van der Waals surface area contributed by atoms with Crippen LogP contribution in [0.5, 0.6) is 0 Å². The van der Waals surface area contributed by atoms with Crippen molar-refractivity contribution in [3.63, 3.8) is 0 Å². The van der Waals surface area contributed by atoms with Crippen LogP contribution in [0.15, 0.2) is 18.2 Å². The maximum Gasteiger partial charge on any atom is 0.326 e. The highest BCUT2D eigenvalue weighted by Crippen LogP contribution is 2.32. The molecule has 19 heavy (non-hydrogen) atoms. The summed E-state index contributed by atoms with van der Waals surface area (Å²) in [5.41, 5.74) is 1.19. The number of carbonyl (C=O) groups excluding carboxylic acids is 1. The molecule has 1 N–H and O–H groups in total. The predicted octanol–water partition coefficient (Wildman–Crippen LogP) is 2.73. The molecular weight excluding hydrogens is 266 g/mol. The highest BCUT2D eigenvalue weighted by molar-refractivity contribution is 6.34. The molecule has 0 radical (unpaired) electrons. The fourth-order valence-corrected chi connectivity index (χ4v) is 2.29. The monoisotopic (exact) mass is 281 g/mol. The van der Waals surface area contributed by atoms with Crippen molar-refractivity contribution in [2.75, 3.05) is 0 Å². The SMILES string of the molecule is Cc1cccc(C(=O)N(C2CC2)C(C)C(=O)O)c1Cl. The fourth-order valence-electron chi connectivity index (χ4n) is 2.08. The largest absolute Gasteiger partial charge is 0.480 e. The van der Waals surface area contributed by atoms with Crippen molar-refractivity contribution in [1.82, 2.24) is 4.90 Å². The lowest BCUT2D eigenvalue weighted by molar-refractivity contribution is -0.141. The van der Waals surface area contributed by atoms with Gasteiger partial charge in [0.1, 0.15) is 6.04 Å². The van der Waals surface area contributed by atoms with Crippen LogP contribution in [0, 0.1) is 6.92 Å². The summed E-state index contributed by atoms with van der Waals surface area (Å²) >= 11 is 6.15. The number of carbonyl (C=O) groups is 2. The summed E-state index contributed by atoms with van der Waals surface area (Å²) in [5.74, 6) is -1.30. The van der Waals surface area contributed by atoms with Gasteiger partial charge in [-0.3, -0.25) is 4.79 Å². The van der Waals surface area contributed by atoms with E-state index in [0.29, 0.717) is 10.6 Å². The van der Waals surface area contributed by atoms with E-state index in [1.54, 1.807) is 12.1 Å². The van der Waals surface area contributed by atoms with Crippen molar-refractivity contribution in [3.05, 3.63) is 34.3 Å². The molecule has 5 heteroatoms. The first-order valence-corrected chi connectivity index (χ1v) is 6.62. The summed E-state index contributed by atoms with van der Waals surface area (Å²) in [4.78, 5) is 25.1. The van der Waals surface area contributed by atoms with Gasteiger partial charge in [0.2, 0.25) is 0 Å². The molecule has 1 amide bonds. The summed E-state index contributed by atoms with van der Waals surface area (Å²) in [5, 5.41) is 9.52. The molecule has 0 spiro atoms. The first-order chi connectivity index (χ1) is 8.93. The van der Waals surface area contributed by atoms with E-state index in [4.69, 9.17) is 16.7 Å². The van der Waals surface area contributed by atoms with E-state index in [2.05, 4.69) is 0 Å². The molecule has 0 aromatic heterocycles. The average molecular weight is 282 g/mol. The molecule has 0 saturated heterocycles. The molecular formula is C14H16ClNO3. The number of rotatable bonds is 4. The van der Waals surface area contributed by atoms with Gasteiger partial charge in [-0.05, 0) is 38.3 Å². The quantitative estimate of drug-likeness (QED) is 0.923. The zero-order valence-electron chi connectivity index (χ0n) is 10.9. The normalized spacial score (nSPS) is 15.9. The van der Waals surface area contributed by atoms with Crippen molar-refractivity contribution in [1.29, 1.82) is 0 Å². The van der Waals surface area contributed by atoms with Crippen molar-refractivity contribution in [2.24, 2.45) is 0 Å². The Labute approximate surface area is 117 Å². The minimum Gasteiger partial charge on any atom is -0.480 e. The molecule has 102 valence electrons. The summed E-state index contributed by atoms with van der Waals surface area (Å²) in [6, 6.07) is 4.40. The Morgan fingerprint density at radius 2 is 2.05 bits per heavy atom. The number of carboxylic acid groups (broad SMARTS) is 1. The van der Waals surface area contributed by atoms with Crippen LogP contribution in [0.2, 0.25) is 5.02 Å². The lowest BCUT2D eigenvalue weighted by Crippen LogP contribution is -2.44. The standard InChI is InChI=1S/C14H16ClNO3/c1-8-4-3-5-11(12(8)15)13(17)16(10-6-7-10)9(2)14(18)19/h3-5,9-10H,6-7H2,1-2H3,(H,18,19). The number of amides is 1. The minimum absolute atomic E-state index is 0.0233. The third-order valence-electron chi connectivity index (χ3n) is 3.37. The maximum absolute atomic E-state index is 12.5. The van der Waals surface area contributed by atoms with Gasteiger partial charge in [0.05, 0.1) is 10.6 Å². The number of halogens is 1. The summed E-state index contributed by atoms with van der Waals surface area (Å²) in [6.45, 7) is 3.35. The maximum atomic E-state index is 12.5. The molecule has 1 aromatic rings. The van der Waals surface area contributed by atoms with E-state index in [0.717, 1.165) is 18.4 Å². The van der Waals surface area contributed by atoms with Crippen LogP contribution >= 0.6 is 11.6 Å². The van der Waals surface area contributed by atoms with E-state index >= 15 is 0 Å². The highest BCUT2D eigenvalue weighted by atomic mass is 35.5. The summed E-state index contributed by atoms with van der Waals surface area (Å²) in [7, 11) is 0. The van der Waals surface area contributed by atoms with Gasteiger partial charge in [-0.25, -0.2) is 4.79 Å². The third kappa shape index (κ3) is 2.73. The van der Waals surface area contributed by atoms with Crippen molar-refractivity contribution in [3.8, 4) is 0 Å². The Morgan fingerprint density at radius 1 is 1.42 bits per heavy atom. The molecule has 1 unspecified atom stereocenters. The minimum atomic E-state index is -0.996. The Hall–Kier alpha value is -1.55. The van der Waals surface area contributed by atoms with Crippen LogP contribution in [-0.4, -0.2) is 34.0 Å². The topological polar surface area (TPSA) is 57.6 Å². The van der Waals surface area contributed by atoms with Crippen LogP contribution in [0.25, 0.3) is 0 Å². The van der Waals surface area contributed by atoms with Gasteiger partial charge in [-0.1, -0.05) is 23.7 Å². The molecule has 1 aliphatic carbocycles. The third-order valence-corrected chi connectivity index (χ3v) is 3.87. The summed E-state index contributed by atoms with van der Waals surface area (Å²) in [6.07, 6.45) is 1.71. The summed E-state index contributed by atoms with van der Waals surface area (Å²) < 4.78 is 0. The molecule has 1 saturated carbocycles. The fraction of sp³-hybridized carbons (Fsp3) is 0.429. The van der Waals surface area contributed by atoms with E-state index in [1.807, 2.05) is 13.0 Å². The second kappa shape index (κ2) is 5.21. The molecule has 1 aromatic carbocycles. The predicted molar refractivity (Wildman–Crippen MR) is 72.5 cm³/mol.